The topological polar surface area (TPSA) is 34.1 Å². The van der Waals surface area contributed by atoms with Gasteiger partial charge in [-0.05, 0) is 0 Å². The normalized spacial score (nSPS) is 20.2. The van der Waals surface area contributed by atoms with E-state index in [0.29, 0.717) is 6.02 Å². The average Bonchev–Trinajstić information content (AvgIpc) is 2.09. The number of hydrogen-bond acceptors (Lipinski definition) is 3. The summed E-state index contributed by atoms with van der Waals surface area (Å²) in [7, 11) is 3.37. The predicted octanol–water partition coefficient (Wildman–Crippen LogP) is -0.0492. The van der Waals surface area contributed by atoms with Crippen molar-refractivity contribution in [1.82, 2.24) is 4.90 Å². The molecule has 4 heteroatoms. The Morgan fingerprint density at radius 2 is 2.09 bits per heavy atom. The number of rotatable bonds is 0. The quantitative estimate of drug-likeness (QED) is 0.366. The molecular formula is C7H14N2O2. The number of aliphatic imine (C=N–C) groups is 1. The Morgan fingerprint density at radius 1 is 1.45 bits per heavy atom. The van der Waals surface area contributed by atoms with Gasteiger partial charge >= 0.3 is 0 Å². The van der Waals surface area contributed by atoms with Crippen LogP contribution in [0.1, 0.15) is 0 Å². The van der Waals surface area contributed by atoms with E-state index >= 15 is 0 Å². The van der Waals surface area contributed by atoms with Crippen molar-refractivity contribution in [3.8, 4) is 0 Å². The van der Waals surface area contributed by atoms with Crippen molar-refractivity contribution in [3.63, 3.8) is 0 Å². The molecule has 1 aliphatic heterocycles. The van der Waals surface area contributed by atoms with E-state index in [2.05, 4.69) is 9.89 Å². The molecule has 1 heterocycles. The zero-order chi connectivity index (χ0) is 8.10. The lowest BCUT2D eigenvalue weighted by atomic mass is 10.4. The number of hydrogen-bond donors (Lipinski definition) is 0. The fourth-order valence-corrected chi connectivity index (χ4v) is 1.12. The van der Waals surface area contributed by atoms with Gasteiger partial charge in [0, 0.05) is 20.1 Å². The van der Waals surface area contributed by atoms with Crippen LogP contribution in [0.15, 0.2) is 4.99 Å². The molecule has 1 saturated heterocycles. The van der Waals surface area contributed by atoms with Crippen LogP contribution in [-0.4, -0.2) is 51.4 Å². The second-order valence-electron chi connectivity index (χ2n) is 2.31. The Labute approximate surface area is 66.8 Å². The summed E-state index contributed by atoms with van der Waals surface area (Å²) >= 11 is 0. The average molecular weight is 158 g/mol. The number of ether oxygens (including phenoxy) is 2. The number of amidine groups is 1. The standard InChI is InChI=1S/C7H14N2O2/c1-8-7(10-2)9-3-5-11-6-4-9/h3-6H2,1-2H3. The van der Waals surface area contributed by atoms with E-state index in [-0.39, 0.29) is 0 Å². The molecule has 0 bridgehead atoms. The van der Waals surface area contributed by atoms with Crippen LogP contribution in [0.2, 0.25) is 0 Å². The van der Waals surface area contributed by atoms with Gasteiger partial charge in [0.25, 0.3) is 6.02 Å². The van der Waals surface area contributed by atoms with Crippen molar-refractivity contribution in [2.75, 3.05) is 40.5 Å². The molecule has 0 aromatic heterocycles. The van der Waals surface area contributed by atoms with Crippen molar-refractivity contribution in [3.05, 3.63) is 0 Å². The van der Waals surface area contributed by atoms with Gasteiger partial charge in [-0.1, -0.05) is 0 Å². The summed E-state index contributed by atoms with van der Waals surface area (Å²) in [6.45, 7) is 3.28. The monoisotopic (exact) mass is 158 g/mol. The Morgan fingerprint density at radius 3 is 2.55 bits per heavy atom. The second kappa shape index (κ2) is 4.18. The number of nitrogens with zero attached hydrogens (tertiary/aromatic N) is 2. The highest BCUT2D eigenvalue weighted by Gasteiger charge is 2.13. The molecule has 11 heavy (non-hydrogen) atoms. The van der Waals surface area contributed by atoms with E-state index in [9.17, 15) is 0 Å². The highest BCUT2D eigenvalue weighted by molar-refractivity contribution is 5.73. The van der Waals surface area contributed by atoms with E-state index in [1.807, 2.05) is 0 Å². The largest absolute Gasteiger partial charge is 0.468 e. The SMILES string of the molecule is CN=C(OC)N1CCOCC1. The fourth-order valence-electron chi connectivity index (χ4n) is 1.12. The van der Waals surface area contributed by atoms with Gasteiger partial charge in [-0.25, -0.2) is 4.99 Å². The minimum absolute atomic E-state index is 0.702. The number of methoxy groups -OCH3 is 1. The van der Waals surface area contributed by atoms with Crippen LogP contribution in [0.5, 0.6) is 0 Å². The molecule has 0 atom stereocenters. The third-order valence-electron chi connectivity index (χ3n) is 1.66. The van der Waals surface area contributed by atoms with Crippen LogP contribution in [-0.2, 0) is 9.47 Å². The van der Waals surface area contributed by atoms with Crippen LogP contribution in [0, 0.1) is 0 Å². The van der Waals surface area contributed by atoms with Gasteiger partial charge in [0.05, 0.1) is 20.3 Å². The van der Waals surface area contributed by atoms with Crippen molar-refractivity contribution >= 4 is 6.02 Å². The summed E-state index contributed by atoms with van der Waals surface area (Å²) in [5.74, 6) is 0. The van der Waals surface area contributed by atoms with Gasteiger partial charge in [0.15, 0.2) is 0 Å². The van der Waals surface area contributed by atoms with Crippen LogP contribution >= 0.6 is 0 Å². The van der Waals surface area contributed by atoms with E-state index in [1.165, 1.54) is 0 Å². The summed E-state index contributed by atoms with van der Waals surface area (Å²) in [6, 6.07) is 0.702. The molecule has 0 aromatic rings. The molecule has 1 aliphatic rings. The molecule has 1 rings (SSSR count). The molecule has 0 spiro atoms. The lowest BCUT2D eigenvalue weighted by Crippen LogP contribution is -2.41. The maximum absolute atomic E-state index is 5.19. The molecule has 0 unspecified atom stereocenters. The van der Waals surface area contributed by atoms with Crippen LogP contribution in [0.4, 0.5) is 0 Å². The molecule has 0 saturated carbocycles. The van der Waals surface area contributed by atoms with Crippen molar-refractivity contribution in [2.24, 2.45) is 4.99 Å². The van der Waals surface area contributed by atoms with Crippen molar-refractivity contribution < 1.29 is 9.47 Å². The van der Waals surface area contributed by atoms with E-state index in [4.69, 9.17) is 9.47 Å². The Hall–Kier alpha value is -0.770. The molecule has 64 valence electrons. The van der Waals surface area contributed by atoms with Gasteiger partial charge < -0.3 is 14.4 Å². The highest BCUT2D eigenvalue weighted by Crippen LogP contribution is 1.98. The predicted molar refractivity (Wildman–Crippen MR) is 42.8 cm³/mol. The zero-order valence-corrected chi connectivity index (χ0v) is 7.04. The zero-order valence-electron chi connectivity index (χ0n) is 7.04. The van der Waals surface area contributed by atoms with Gasteiger partial charge in [-0.15, -0.1) is 0 Å². The minimum Gasteiger partial charge on any atom is -0.468 e. The lowest BCUT2D eigenvalue weighted by Gasteiger charge is -2.27. The van der Waals surface area contributed by atoms with Crippen LogP contribution in [0.3, 0.4) is 0 Å². The van der Waals surface area contributed by atoms with Crippen molar-refractivity contribution in [2.45, 2.75) is 0 Å². The first-order valence-corrected chi connectivity index (χ1v) is 3.72. The number of morpholine rings is 1. The molecule has 0 N–H and O–H groups in total. The highest BCUT2D eigenvalue weighted by atomic mass is 16.5. The third-order valence-corrected chi connectivity index (χ3v) is 1.66. The molecule has 1 fully saturated rings. The minimum atomic E-state index is 0.702. The first-order valence-electron chi connectivity index (χ1n) is 3.72. The van der Waals surface area contributed by atoms with Gasteiger partial charge in [0.1, 0.15) is 0 Å². The molecule has 0 aromatic carbocycles. The summed E-state index contributed by atoms with van der Waals surface area (Å²) in [4.78, 5) is 6.07. The van der Waals surface area contributed by atoms with E-state index < -0.39 is 0 Å². The molecule has 0 radical (unpaired) electrons. The van der Waals surface area contributed by atoms with E-state index in [0.717, 1.165) is 26.3 Å². The Kier molecular flexibility index (Phi) is 3.16. The summed E-state index contributed by atoms with van der Waals surface area (Å²) in [6.07, 6.45) is 0. The second-order valence-corrected chi connectivity index (χ2v) is 2.31. The summed E-state index contributed by atoms with van der Waals surface area (Å²) in [5, 5.41) is 0. The summed E-state index contributed by atoms with van der Waals surface area (Å²) in [5.41, 5.74) is 0. The van der Waals surface area contributed by atoms with Crippen molar-refractivity contribution in [1.29, 1.82) is 0 Å². The first kappa shape index (κ1) is 8.33. The maximum atomic E-state index is 5.19. The fraction of sp³-hybridized carbons (Fsp3) is 0.857. The molecule has 0 aliphatic carbocycles. The van der Waals surface area contributed by atoms with Gasteiger partial charge in [-0.2, -0.15) is 0 Å². The summed E-state index contributed by atoms with van der Waals surface area (Å²) < 4.78 is 10.2. The Bertz CT molecular complexity index is 141. The smallest absolute Gasteiger partial charge is 0.286 e. The molecule has 0 amide bonds. The molecular weight excluding hydrogens is 144 g/mol. The first-order chi connectivity index (χ1) is 5.38. The maximum Gasteiger partial charge on any atom is 0.286 e. The van der Waals surface area contributed by atoms with Gasteiger partial charge in [-0.3, -0.25) is 0 Å². The Balaban J connectivity index is 2.43. The molecule has 4 nitrogen and oxygen atoms in total. The van der Waals surface area contributed by atoms with E-state index in [1.54, 1.807) is 14.2 Å². The van der Waals surface area contributed by atoms with Gasteiger partial charge in [0.2, 0.25) is 0 Å². The van der Waals surface area contributed by atoms with Crippen LogP contribution < -0.4 is 0 Å². The lowest BCUT2D eigenvalue weighted by molar-refractivity contribution is 0.0579. The van der Waals surface area contributed by atoms with Crippen LogP contribution in [0.25, 0.3) is 0 Å². The third kappa shape index (κ3) is 2.08.